The smallest absolute Gasteiger partial charge is 0.195 e. The van der Waals surface area contributed by atoms with Crippen LogP contribution >= 0.6 is 0 Å². The zero-order valence-electron chi connectivity index (χ0n) is 6.31. The molecule has 15 heavy (non-hydrogen) atoms. The van der Waals surface area contributed by atoms with Crippen LogP contribution in [0.15, 0.2) is 0 Å². The van der Waals surface area contributed by atoms with Crippen molar-refractivity contribution in [2.75, 3.05) is 0 Å². The van der Waals surface area contributed by atoms with Crippen molar-refractivity contribution in [3.05, 3.63) is 0 Å². The van der Waals surface area contributed by atoms with Crippen LogP contribution in [0.1, 0.15) is 0 Å². The average molecular weight is 247 g/mol. The Balaban J connectivity index is 3.55. The molecule has 1 aliphatic carbocycles. The quantitative estimate of drug-likeness (QED) is 0.586. The van der Waals surface area contributed by atoms with Gasteiger partial charge in [0.25, 0.3) is 0 Å². The van der Waals surface area contributed by atoms with E-state index in [2.05, 4.69) is 0 Å². The first-order valence-electron chi connectivity index (χ1n) is 3.15. The SMILES string of the molecule is [O]C1(F)C(F)(F)C(F)(F)C(F)(F)C1(F)F. The van der Waals surface area contributed by atoms with E-state index in [9.17, 15) is 44.6 Å². The van der Waals surface area contributed by atoms with Crippen LogP contribution in [0.4, 0.5) is 39.5 Å². The average Bonchev–Trinajstić information content (AvgIpc) is 2.04. The molecule has 0 aromatic heterocycles. The van der Waals surface area contributed by atoms with Gasteiger partial charge in [-0.2, -0.15) is 44.6 Å². The molecular weight excluding hydrogens is 247 g/mol. The fraction of sp³-hybridized carbons (Fsp3) is 1.00. The number of alkyl halides is 9. The predicted molar refractivity (Wildman–Crippen MR) is 24.3 cm³/mol. The molecule has 0 saturated heterocycles. The molecule has 0 aliphatic heterocycles. The van der Waals surface area contributed by atoms with E-state index in [0.29, 0.717) is 0 Å². The van der Waals surface area contributed by atoms with E-state index in [1.165, 1.54) is 0 Å². The fourth-order valence-electron chi connectivity index (χ4n) is 0.995. The first-order chi connectivity index (χ1) is 6.25. The minimum Gasteiger partial charge on any atom is -0.195 e. The second-order valence-corrected chi connectivity index (χ2v) is 2.89. The molecule has 0 bridgehead atoms. The van der Waals surface area contributed by atoms with Crippen molar-refractivity contribution in [3.63, 3.8) is 0 Å². The maximum absolute atomic E-state index is 12.1. The molecular formula is C5F9O. The third kappa shape index (κ3) is 0.871. The molecule has 1 rings (SSSR count). The van der Waals surface area contributed by atoms with Crippen molar-refractivity contribution in [2.45, 2.75) is 29.5 Å². The summed E-state index contributed by atoms with van der Waals surface area (Å²) >= 11 is 0. The molecule has 0 N–H and O–H groups in total. The van der Waals surface area contributed by atoms with Gasteiger partial charge in [-0.05, 0) is 0 Å². The Hall–Kier alpha value is -0.670. The van der Waals surface area contributed by atoms with Crippen LogP contribution in [-0.2, 0) is 5.11 Å². The minimum absolute atomic E-state index is 6.56. The highest BCUT2D eigenvalue weighted by molar-refractivity contribution is 5.22. The van der Waals surface area contributed by atoms with Crippen LogP contribution < -0.4 is 0 Å². The summed E-state index contributed by atoms with van der Waals surface area (Å²) in [7, 11) is 0. The minimum atomic E-state index is -6.75. The molecule has 0 atom stereocenters. The Morgan fingerprint density at radius 2 is 0.667 bits per heavy atom. The van der Waals surface area contributed by atoms with Gasteiger partial charge in [-0.3, -0.25) is 0 Å². The third-order valence-electron chi connectivity index (χ3n) is 1.99. The topological polar surface area (TPSA) is 19.9 Å². The summed E-state index contributed by atoms with van der Waals surface area (Å²) in [5, 5.41) is 9.91. The maximum atomic E-state index is 12.1. The zero-order valence-corrected chi connectivity index (χ0v) is 6.31. The second-order valence-electron chi connectivity index (χ2n) is 2.89. The summed E-state index contributed by atoms with van der Waals surface area (Å²) in [6.07, 6.45) is 0. The van der Waals surface area contributed by atoms with Gasteiger partial charge in [0.1, 0.15) is 0 Å². The first-order valence-corrected chi connectivity index (χ1v) is 3.15. The summed E-state index contributed by atoms with van der Waals surface area (Å²) in [6, 6.07) is 0. The van der Waals surface area contributed by atoms with Crippen molar-refractivity contribution in [1.29, 1.82) is 0 Å². The van der Waals surface area contributed by atoms with E-state index < -0.39 is 29.5 Å². The Kier molecular flexibility index (Phi) is 1.95. The highest BCUT2D eigenvalue weighted by Gasteiger charge is 3.01. The van der Waals surface area contributed by atoms with Gasteiger partial charge in [0.05, 0.1) is 0 Å². The predicted octanol–water partition coefficient (Wildman–Crippen LogP) is 2.64. The van der Waals surface area contributed by atoms with Gasteiger partial charge in [-0.1, -0.05) is 0 Å². The maximum Gasteiger partial charge on any atom is 0.384 e. The van der Waals surface area contributed by atoms with Crippen LogP contribution in [0, 0.1) is 0 Å². The molecule has 1 radical (unpaired) electrons. The first kappa shape index (κ1) is 12.4. The highest BCUT2D eigenvalue weighted by atomic mass is 19.4. The summed E-state index contributed by atoms with van der Waals surface area (Å²) < 4.78 is 109. The van der Waals surface area contributed by atoms with Gasteiger partial charge in [0.2, 0.25) is 0 Å². The van der Waals surface area contributed by atoms with Crippen LogP contribution in [0.3, 0.4) is 0 Å². The lowest BCUT2D eigenvalue weighted by atomic mass is 10.1. The number of rotatable bonds is 0. The van der Waals surface area contributed by atoms with Crippen molar-refractivity contribution >= 4 is 0 Å². The van der Waals surface area contributed by atoms with E-state index in [1.54, 1.807) is 0 Å². The number of hydrogen-bond acceptors (Lipinski definition) is 0. The monoisotopic (exact) mass is 247 g/mol. The van der Waals surface area contributed by atoms with Crippen molar-refractivity contribution < 1.29 is 44.6 Å². The van der Waals surface area contributed by atoms with Crippen LogP contribution in [0.5, 0.6) is 0 Å². The molecule has 1 saturated carbocycles. The molecule has 1 nitrogen and oxygen atoms in total. The Bertz CT molecular complexity index is 203. The second kappa shape index (κ2) is 2.36. The Morgan fingerprint density at radius 1 is 0.467 bits per heavy atom. The third-order valence-corrected chi connectivity index (χ3v) is 1.99. The van der Waals surface area contributed by atoms with Gasteiger partial charge >= 0.3 is 29.5 Å². The van der Waals surface area contributed by atoms with Crippen LogP contribution in [-0.4, -0.2) is 29.5 Å². The van der Waals surface area contributed by atoms with E-state index in [4.69, 9.17) is 0 Å². The normalized spacial score (nSPS) is 34.0. The Labute approximate surface area is 75.5 Å². The van der Waals surface area contributed by atoms with Crippen molar-refractivity contribution in [2.24, 2.45) is 0 Å². The van der Waals surface area contributed by atoms with Crippen molar-refractivity contribution in [3.8, 4) is 0 Å². The lowest BCUT2D eigenvalue weighted by Gasteiger charge is -2.22. The van der Waals surface area contributed by atoms with Gasteiger partial charge in [-0.15, -0.1) is 0 Å². The summed E-state index contributed by atoms with van der Waals surface area (Å²) in [5.74, 6) is -33.5. The highest BCUT2D eigenvalue weighted by Crippen LogP contribution is 2.68. The molecule has 0 spiro atoms. The molecule has 10 heteroatoms. The molecule has 89 valence electrons. The lowest BCUT2D eigenvalue weighted by molar-refractivity contribution is -0.362. The zero-order chi connectivity index (χ0) is 12.5. The molecule has 0 amide bonds. The van der Waals surface area contributed by atoms with Crippen LogP contribution in [0.25, 0.3) is 0 Å². The molecule has 0 aromatic carbocycles. The largest absolute Gasteiger partial charge is 0.384 e. The van der Waals surface area contributed by atoms with Gasteiger partial charge in [0, 0.05) is 0 Å². The van der Waals surface area contributed by atoms with E-state index in [-0.39, 0.29) is 0 Å². The van der Waals surface area contributed by atoms with E-state index in [0.717, 1.165) is 0 Å². The standard InChI is InChI=1S/C5F9O/c6-1(7)2(8,9)4(12,13)5(14,15)3(1,10)11. The van der Waals surface area contributed by atoms with E-state index >= 15 is 0 Å². The summed E-state index contributed by atoms with van der Waals surface area (Å²) in [5.41, 5.74) is 0. The fourth-order valence-corrected chi connectivity index (χ4v) is 0.995. The van der Waals surface area contributed by atoms with E-state index in [1.807, 2.05) is 0 Å². The number of hydrogen-bond donors (Lipinski definition) is 0. The molecule has 0 heterocycles. The number of halogens is 9. The Morgan fingerprint density at radius 3 is 0.733 bits per heavy atom. The lowest BCUT2D eigenvalue weighted by Crippen LogP contribution is -2.53. The molecule has 1 fully saturated rings. The van der Waals surface area contributed by atoms with Gasteiger partial charge < -0.3 is 0 Å². The molecule has 0 unspecified atom stereocenters. The van der Waals surface area contributed by atoms with Crippen molar-refractivity contribution in [1.82, 2.24) is 0 Å². The van der Waals surface area contributed by atoms with Crippen LogP contribution in [0.2, 0.25) is 0 Å². The molecule has 1 aliphatic rings. The summed E-state index contributed by atoms with van der Waals surface area (Å²) in [6.45, 7) is 0. The van der Waals surface area contributed by atoms with Gasteiger partial charge in [0.15, 0.2) is 0 Å². The molecule has 0 aromatic rings. The van der Waals surface area contributed by atoms with Gasteiger partial charge in [-0.25, -0.2) is 0 Å². The summed E-state index contributed by atoms with van der Waals surface area (Å²) in [4.78, 5) is 0.